The number of nitrogens with two attached hydrogens (primary N) is 1. The Balaban J connectivity index is 2.16. The molecule has 0 aliphatic rings. The van der Waals surface area contributed by atoms with Crippen LogP contribution in [0.3, 0.4) is 0 Å². The number of anilines is 2. The molecule has 0 saturated carbocycles. The van der Waals surface area contributed by atoms with Gasteiger partial charge in [0.2, 0.25) is 0 Å². The van der Waals surface area contributed by atoms with Crippen LogP contribution < -0.4 is 16.4 Å². The lowest BCUT2D eigenvalue weighted by atomic mass is 10.1. The molecule has 104 valence electrons. The van der Waals surface area contributed by atoms with Crippen molar-refractivity contribution in [2.75, 3.05) is 18.1 Å². The number of carbonyl (C=O) groups excluding carboxylic acids is 1. The number of nitrogen functional groups attached to an aromatic ring is 1. The van der Waals surface area contributed by atoms with Crippen molar-refractivity contribution in [1.82, 2.24) is 5.32 Å². The van der Waals surface area contributed by atoms with E-state index < -0.39 is 0 Å². The molecule has 0 spiro atoms. The second-order valence-corrected chi connectivity index (χ2v) is 4.66. The van der Waals surface area contributed by atoms with Crippen LogP contribution in [-0.4, -0.2) is 13.0 Å². The number of nitrogens with one attached hydrogen (secondary N) is 2. The Morgan fingerprint density at radius 1 is 1.15 bits per heavy atom. The van der Waals surface area contributed by atoms with Crippen molar-refractivity contribution in [3.8, 4) is 0 Å². The molecule has 2 rings (SSSR count). The summed E-state index contributed by atoms with van der Waals surface area (Å²) in [5.74, 6) is -0.139. The van der Waals surface area contributed by atoms with Crippen molar-refractivity contribution in [1.29, 1.82) is 0 Å². The molecule has 0 fully saturated rings. The van der Waals surface area contributed by atoms with Crippen molar-refractivity contribution in [3.63, 3.8) is 0 Å². The fraction of sp³-hybridized carbons (Fsp3) is 0.188. The lowest BCUT2D eigenvalue weighted by Gasteiger charge is -2.17. The van der Waals surface area contributed by atoms with Crippen LogP contribution in [0.15, 0.2) is 48.5 Å². The highest BCUT2D eigenvalue weighted by Crippen LogP contribution is 2.25. The summed E-state index contributed by atoms with van der Waals surface area (Å²) in [6.45, 7) is 2.07. The second-order valence-electron chi connectivity index (χ2n) is 4.66. The number of hydrogen-bond donors (Lipinski definition) is 3. The molecule has 2 aromatic carbocycles. The van der Waals surface area contributed by atoms with Crippen LogP contribution in [0.4, 0.5) is 11.4 Å². The molecule has 0 saturated heterocycles. The number of rotatable bonds is 4. The van der Waals surface area contributed by atoms with E-state index >= 15 is 0 Å². The van der Waals surface area contributed by atoms with Gasteiger partial charge in [-0.2, -0.15) is 0 Å². The van der Waals surface area contributed by atoms with E-state index in [1.165, 1.54) is 5.56 Å². The minimum absolute atomic E-state index is 0.139. The highest BCUT2D eigenvalue weighted by Gasteiger charge is 2.09. The lowest BCUT2D eigenvalue weighted by Crippen LogP contribution is -2.18. The van der Waals surface area contributed by atoms with Crippen molar-refractivity contribution in [2.45, 2.75) is 13.0 Å². The molecule has 0 aliphatic carbocycles. The molecule has 0 unspecified atom stereocenters. The molecule has 0 heterocycles. The van der Waals surface area contributed by atoms with Gasteiger partial charge >= 0.3 is 0 Å². The standard InChI is InChI=1S/C16H19N3O/c1-11(12-6-4-3-5-7-12)19-15-9-8-13(10-14(15)17)16(20)18-2/h3-11,19H,17H2,1-2H3,(H,18,20)/t11-/m0/s1. The first kappa shape index (κ1) is 13.9. The fourth-order valence-corrected chi connectivity index (χ4v) is 2.04. The van der Waals surface area contributed by atoms with Crippen LogP contribution in [0.1, 0.15) is 28.9 Å². The first-order valence-electron chi connectivity index (χ1n) is 6.55. The molecule has 20 heavy (non-hydrogen) atoms. The van der Waals surface area contributed by atoms with Crippen molar-refractivity contribution >= 4 is 17.3 Å². The fourth-order valence-electron chi connectivity index (χ4n) is 2.04. The Morgan fingerprint density at radius 3 is 2.45 bits per heavy atom. The van der Waals surface area contributed by atoms with E-state index in [4.69, 9.17) is 5.73 Å². The van der Waals surface area contributed by atoms with Gasteiger partial charge < -0.3 is 16.4 Å². The van der Waals surface area contributed by atoms with Gasteiger partial charge in [-0.15, -0.1) is 0 Å². The monoisotopic (exact) mass is 269 g/mol. The third-order valence-electron chi connectivity index (χ3n) is 3.21. The van der Waals surface area contributed by atoms with Gasteiger partial charge in [-0.1, -0.05) is 30.3 Å². The highest BCUT2D eigenvalue weighted by molar-refractivity contribution is 5.95. The maximum Gasteiger partial charge on any atom is 0.251 e. The molecule has 2 aromatic rings. The molecule has 0 radical (unpaired) electrons. The summed E-state index contributed by atoms with van der Waals surface area (Å²) in [7, 11) is 1.60. The normalized spacial score (nSPS) is 11.7. The van der Waals surface area contributed by atoms with Crippen LogP contribution in [-0.2, 0) is 0 Å². The molecule has 0 aromatic heterocycles. The molecular weight excluding hydrogens is 250 g/mol. The largest absolute Gasteiger partial charge is 0.397 e. The Morgan fingerprint density at radius 2 is 1.85 bits per heavy atom. The number of amides is 1. The van der Waals surface area contributed by atoms with E-state index in [1.54, 1.807) is 19.2 Å². The Bertz CT molecular complexity index is 596. The summed E-state index contributed by atoms with van der Waals surface area (Å²) in [6.07, 6.45) is 0. The van der Waals surface area contributed by atoms with Crippen LogP contribution in [0.25, 0.3) is 0 Å². The smallest absolute Gasteiger partial charge is 0.251 e. The zero-order valence-electron chi connectivity index (χ0n) is 11.7. The first-order chi connectivity index (χ1) is 9.61. The summed E-state index contributed by atoms with van der Waals surface area (Å²) in [6, 6.07) is 15.5. The highest BCUT2D eigenvalue weighted by atomic mass is 16.1. The average Bonchev–Trinajstić information content (AvgIpc) is 2.49. The van der Waals surface area contributed by atoms with Gasteiger partial charge in [0.05, 0.1) is 11.4 Å². The predicted octanol–water partition coefficient (Wildman–Crippen LogP) is 2.80. The Hall–Kier alpha value is -2.49. The summed E-state index contributed by atoms with van der Waals surface area (Å²) >= 11 is 0. The molecule has 1 atom stereocenters. The summed E-state index contributed by atoms with van der Waals surface area (Å²) in [5.41, 5.74) is 9.13. The van der Waals surface area contributed by atoms with Crippen molar-refractivity contribution < 1.29 is 4.79 Å². The third-order valence-corrected chi connectivity index (χ3v) is 3.21. The summed E-state index contributed by atoms with van der Waals surface area (Å²) < 4.78 is 0. The minimum atomic E-state index is -0.139. The summed E-state index contributed by atoms with van der Waals surface area (Å²) in [5, 5.41) is 5.93. The predicted molar refractivity (Wildman–Crippen MR) is 82.7 cm³/mol. The third kappa shape index (κ3) is 3.09. The van der Waals surface area contributed by atoms with Gasteiger partial charge in [0.15, 0.2) is 0 Å². The van der Waals surface area contributed by atoms with Gasteiger partial charge in [0.1, 0.15) is 0 Å². The summed E-state index contributed by atoms with van der Waals surface area (Å²) in [4.78, 5) is 11.5. The number of benzene rings is 2. The zero-order chi connectivity index (χ0) is 14.5. The zero-order valence-corrected chi connectivity index (χ0v) is 11.7. The van der Waals surface area contributed by atoms with E-state index in [0.717, 1.165) is 5.69 Å². The molecular formula is C16H19N3O. The second kappa shape index (κ2) is 6.10. The van der Waals surface area contributed by atoms with Gasteiger partial charge in [0, 0.05) is 18.7 Å². The van der Waals surface area contributed by atoms with Gasteiger partial charge in [-0.3, -0.25) is 4.79 Å². The van der Waals surface area contributed by atoms with Crippen molar-refractivity contribution in [2.24, 2.45) is 0 Å². The Labute approximate surface area is 119 Å². The molecule has 4 N–H and O–H groups in total. The Kier molecular flexibility index (Phi) is 4.25. The van der Waals surface area contributed by atoms with E-state index in [0.29, 0.717) is 11.3 Å². The van der Waals surface area contributed by atoms with Crippen molar-refractivity contribution in [3.05, 3.63) is 59.7 Å². The van der Waals surface area contributed by atoms with Crippen LogP contribution in [0, 0.1) is 0 Å². The molecule has 4 heteroatoms. The molecule has 0 bridgehead atoms. The molecule has 0 aliphatic heterocycles. The lowest BCUT2D eigenvalue weighted by molar-refractivity contribution is 0.0963. The maximum absolute atomic E-state index is 11.5. The van der Waals surface area contributed by atoms with Crippen LogP contribution >= 0.6 is 0 Å². The van der Waals surface area contributed by atoms with Gasteiger partial charge in [0.25, 0.3) is 5.91 Å². The number of hydrogen-bond acceptors (Lipinski definition) is 3. The van der Waals surface area contributed by atoms with Gasteiger partial charge in [-0.25, -0.2) is 0 Å². The first-order valence-corrected chi connectivity index (χ1v) is 6.55. The van der Waals surface area contributed by atoms with Crippen LogP contribution in [0.2, 0.25) is 0 Å². The van der Waals surface area contributed by atoms with Gasteiger partial charge in [-0.05, 0) is 30.7 Å². The van der Waals surface area contributed by atoms with E-state index in [1.807, 2.05) is 24.3 Å². The quantitative estimate of drug-likeness (QED) is 0.748. The maximum atomic E-state index is 11.5. The van der Waals surface area contributed by atoms with E-state index in [-0.39, 0.29) is 11.9 Å². The van der Waals surface area contributed by atoms with E-state index in [9.17, 15) is 4.79 Å². The van der Waals surface area contributed by atoms with E-state index in [2.05, 4.69) is 29.7 Å². The topological polar surface area (TPSA) is 67.2 Å². The minimum Gasteiger partial charge on any atom is -0.397 e. The number of carbonyl (C=O) groups is 1. The average molecular weight is 269 g/mol. The SMILES string of the molecule is CNC(=O)c1ccc(N[C@@H](C)c2ccccc2)c(N)c1. The van der Waals surface area contributed by atoms with Crippen LogP contribution in [0.5, 0.6) is 0 Å². The molecule has 1 amide bonds. The molecule has 4 nitrogen and oxygen atoms in total.